The monoisotopic (exact) mass is 336 g/mol. The Bertz CT molecular complexity index is 626. The van der Waals surface area contributed by atoms with Crippen molar-refractivity contribution in [1.82, 2.24) is 0 Å². The van der Waals surface area contributed by atoms with Gasteiger partial charge in [0.1, 0.15) is 5.82 Å². The van der Waals surface area contributed by atoms with Gasteiger partial charge in [-0.2, -0.15) is 0 Å². The highest BCUT2D eigenvalue weighted by Crippen LogP contribution is 2.27. The van der Waals surface area contributed by atoms with Gasteiger partial charge in [0.25, 0.3) is 0 Å². The topological polar surface area (TPSA) is 38.0 Å². The lowest BCUT2D eigenvalue weighted by molar-refractivity contribution is 0.625. The minimum Gasteiger partial charge on any atom is -0.398 e. The smallest absolute Gasteiger partial charge is 0.123 e. The number of rotatable bonds is 4. The highest BCUT2D eigenvalue weighted by atomic mass is 79.9. The van der Waals surface area contributed by atoms with Crippen molar-refractivity contribution in [1.29, 1.82) is 0 Å². The normalized spacial score (nSPS) is 10.6. The van der Waals surface area contributed by atoms with Crippen molar-refractivity contribution in [2.45, 2.75) is 20.3 Å². The summed E-state index contributed by atoms with van der Waals surface area (Å²) in [5.41, 5.74) is 10.8. The van der Waals surface area contributed by atoms with Crippen LogP contribution in [0.4, 0.5) is 15.8 Å². The number of hydrogen-bond acceptors (Lipinski definition) is 2. The molecule has 0 unspecified atom stereocenters. The van der Waals surface area contributed by atoms with E-state index in [2.05, 4.69) is 21.2 Å². The maximum absolute atomic E-state index is 13.0. The zero-order valence-corrected chi connectivity index (χ0v) is 13.2. The van der Waals surface area contributed by atoms with Crippen LogP contribution in [0.15, 0.2) is 34.8 Å². The number of aryl methyl sites for hydroxylation is 2. The van der Waals surface area contributed by atoms with E-state index in [0.29, 0.717) is 0 Å². The van der Waals surface area contributed by atoms with Crippen LogP contribution in [0.5, 0.6) is 0 Å². The van der Waals surface area contributed by atoms with E-state index in [-0.39, 0.29) is 5.82 Å². The van der Waals surface area contributed by atoms with Gasteiger partial charge in [0, 0.05) is 22.4 Å². The van der Waals surface area contributed by atoms with Crippen molar-refractivity contribution < 1.29 is 4.39 Å². The van der Waals surface area contributed by atoms with Gasteiger partial charge >= 0.3 is 0 Å². The Morgan fingerprint density at radius 1 is 1.15 bits per heavy atom. The molecule has 0 saturated heterocycles. The molecule has 0 fully saturated rings. The van der Waals surface area contributed by atoms with Gasteiger partial charge in [-0.15, -0.1) is 0 Å². The van der Waals surface area contributed by atoms with E-state index in [1.54, 1.807) is 6.07 Å². The summed E-state index contributed by atoms with van der Waals surface area (Å²) in [5, 5.41) is 3.38. The highest BCUT2D eigenvalue weighted by Gasteiger charge is 2.04. The van der Waals surface area contributed by atoms with Crippen molar-refractivity contribution in [3.05, 3.63) is 57.3 Å². The van der Waals surface area contributed by atoms with Crippen LogP contribution in [-0.4, -0.2) is 6.54 Å². The maximum atomic E-state index is 13.0. The van der Waals surface area contributed by atoms with Gasteiger partial charge in [-0.05, 0) is 77.2 Å². The van der Waals surface area contributed by atoms with Crippen molar-refractivity contribution >= 4 is 27.3 Å². The van der Waals surface area contributed by atoms with Crippen molar-refractivity contribution in [3.63, 3.8) is 0 Å². The quantitative estimate of drug-likeness (QED) is 0.810. The molecule has 0 radical (unpaired) electrons. The highest BCUT2D eigenvalue weighted by molar-refractivity contribution is 9.10. The summed E-state index contributed by atoms with van der Waals surface area (Å²) in [7, 11) is 0. The Kier molecular flexibility index (Phi) is 4.65. The van der Waals surface area contributed by atoms with Crippen LogP contribution in [-0.2, 0) is 6.42 Å². The lowest BCUT2D eigenvalue weighted by atomic mass is 10.1. The second kappa shape index (κ2) is 6.27. The third-order valence-electron chi connectivity index (χ3n) is 3.37. The van der Waals surface area contributed by atoms with E-state index in [0.717, 1.165) is 45.5 Å². The molecule has 0 bridgehead atoms. The number of halogens is 2. The second-order valence-electron chi connectivity index (χ2n) is 4.94. The number of nitrogens with two attached hydrogens (primary N) is 1. The molecule has 0 aromatic heterocycles. The molecular weight excluding hydrogens is 319 g/mol. The van der Waals surface area contributed by atoms with Crippen LogP contribution in [0.3, 0.4) is 0 Å². The minimum atomic E-state index is -0.184. The zero-order valence-electron chi connectivity index (χ0n) is 11.6. The van der Waals surface area contributed by atoms with Crippen molar-refractivity contribution in [3.8, 4) is 0 Å². The summed E-state index contributed by atoms with van der Waals surface area (Å²) < 4.78 is 14.0. The standard InChI is InChI=1S/C16H18BrFN2/c1-10-7-13(18)4-3-12(10)5-6-20-16-8-11(2)15(19)9-14(16)17/h3-4,7-9,20H,5-6,19H2,1-2H3. The van der Waals surface area contributed by atoms with Gasteiger partial charge < -0.3 is 11.1 Å². The van der Waals surface area contributed by atoms with Gasteiger partial charge in [0.05, 0.1) is 0 Å². The molecule has 3 N–H and O–H groups in total. The van der Waals surface area contributed by atoms with E-state index in [4.69, 9.17) is 5.73 Å². The van der Waals surface area contributed by atoms with Gasteiger partial charge in [0.2, 0.25) is 0 Å². The summed E-state index contributed by atoms with van der Waals surface area (Å²) in [4.78, 5) is 0. The fourth-order valence-electron chi connectivity index (χ4n) is 2.10. The first-order valence-corrected chi connectivity index (χ1v) is 7.31. The Morgan fingerprint density at radius 3 is 2.60 bits per heavy atom. The van der Waals surface area contributed by atoms with Crippen molar-refractivity contribution in [2.24, 2.45) is 0 Å². The van der Waals surface area contributed by atoms with Crippen molar-refractivity contribution in [2.75, 3.05) is 17.6 Å². The largest absolute Gasteiger partial charge is 0.398 e. The van der Waals surface area contributed by atoms with E-state index in [9.17, 15) is 4.39 Å². The van der Waals surface area contributed by atoms with Crippen LogP contribution >= 0.6 is 15.9 Å². The van der Waals surface area contributed by atoms with Gasteiger partial charge in [-0.25, -0.2) is 4.39 Å². The summed E-state index contributed by atoms with van der Waals surface area (Å²) in [5.74, 6) is -0.184. The van der Waals surface area contributed by atoms with E-state index in [1.165, 1.54) is 6.07 Å². The Labute approximate surface area is 127 Å². The molecule has 0 atom stereocenters. The fourth-order valence-corrected chi connectivity index (χ4v) is 2.61. The van der Waals surface area contributed by atoms with E-state index < -0.39 is 0 Å². The van der Waals surface area contributed by atoms with Crippen LogP contribution in [0.2, 0.25) is 0 Å². The zero-order chi connectivity index (χ0) is 14.7. The first-order valence-electron chi connectivity index (χ1n) is 6.52. The molecule has 0 amide bonds. The van der Waals surface area contributed by atoms with Crippen LogP contribution in [0.25, 0.3) is 0 Å². The maximum Gasteiger partial charge on any atom is 0.123 e. The molecule has 2 aromatic rings. The molecule has 0 aliphatic heterocycles. The molecule has 0 spiro atoms. The third kappa shape index (κ3) is 3.51. The number of anilines is 2. The predicted octanol–water partition coefficient (Wildman–Crippen LogP) is 4.44. The van der Waals surface area contributed by atoms with Crippen LogP contribution in [0, 0.1) is 19.7 Å². The molecule has 0 heterocycles. The Hall–Kier alpha value is -1.55. The van der Waals surface area contributed by atoms with Crippen LogP contribution < -0.4 is 11.1 Å². The van der Waals surface area contributed by atoms with E-state index in [1.807, 2.05) is 32.0 Å². The molecule has 0 aliphatic rings. The average molecular weight is 337 g/mol. The minimum absolute atomic E-state index is 0.184. The number of nitrogens with one attached hydrogen (secondary N) is 1. The molecule has 2 aromatic carbocycles. The lowest BCUT2D eigenvalue weighted by Crippen LogP contribution is -2.07. The molecular formula is C16H18BrFN2. The Morgan fingerprint density at radius 2 is 1.90 bits per heavy atom. The summed E-state index contributed by atoms with van der Waals surface area (Å²) in [6.07, 6.45) is 0.849. The molecule has 2 rings (SSSR count). The number of benzene rings is 2. The summed E-state index contributed by atoms with van der Waals surface area (Å²) in [6, 6.07) is 8.84. The molecule has 20 heavy (non-hydrogen) atoms. The molecule has 0 aliphatic carbocycles. The fraction of sp³-hybridized carbons (Fsp3) is 0.250. The molecule has 2 nitrogen and oxygen atoms in total. The first-order chi connectivity index (χ1) is 9.47. The summed E-state index contributed by atoms with van der Waals surface area (Å²) in [6.45, 7) is 4.70. The van der Waals surface area contributed by atoms with Gasteiger partial charge in [-0.1, -0.05) is 6.07 Å². The average Bonchev–Trinajstić information content (AvgIpc) is 2.38. The van der Waals surface area contributed by atoms with E-state index >= 15 is 0 Å². The third-order valence-corrected chi connectivity index (χ3v) is 4.03. The number of nitrogen functional groups attached to an aromatic ring is 1. The summed E-state index contributed by atoms with van der Waals surface area (Å²) >= 11 is 3.50. The SMILES string of the molecule is Cc1cc(NCCc2ccc(F)cc2C)c(Br)cc1N. The molecule has 4 heteroatoms. The predicted molar refractivity (Wildman–Crippen MR) is 86.6 cm³/mol. The lowest BCUT2D eigenvalue weighted by Gasteiger charge is -2.12. The van der Waals surface area contributed by atoms with Crippen LogP contribution in [0.1, 0.15) is 16.7 Å². The second-order valence-corrected chi connectivity index (χ2v) is 5.79. The number of hydrogen-bond donors (Lipinski definition) is 2. The Balaban J connectivity index is 2.01. The van der Waals surface area contributed by atoms with Gasteiger partial charge in [-0.3, -0.25) is 0 Å². The first kappa shape index (κ1) is 14.9. The molecule has 106 valence electrons. The molecule has 0 saturated carbocycles. The van der Waals surface area contributed by atoms with Gasteiger partial charge in [0.15, 0.2) is 0 Å².